The minimum absolute atomic E-state index is 0.429. The third-order valence-corrected chi connectivity index (χ3v) is 1.47. The first kappa shape index (κ1) is 12.4. The van der Waals surface area contributed by atoms with Gasteiger partial charge in [0.1, 0.15) is 19.3 Å². The van der Waals surface area contributed by atoms with Gasteiger partial charge in [-0.3, -0.25) is 0 Å². The van der Waals surface area contributed by atoms with Crippen LogP contribution in [0.5, 0.6) is 0 Å². The van der Waals surface area contributed by atoms with Crippen LogP contribution in [-0.2, 0) is 9.47 Å². The average molecular weight is 188 g/mol. The maximum atomic E-state index is 5.14. The summed E-state index contributed by atoms with van der Waals surface area (Å²) in [5, 5.41) is 3.08. The molecule has 4 nitrogen and oxygen atoms in total. The van der Waals surface area contributed by atoms with Crippen LogP contribution in [-0.4, -0.2) is 32.5 Å². The molecule has 0 spiro atoms. The van der Waals surface area contributed by atoms with Gasteiger partial charge in [0.15, 0.2) is 0 Å². The quantitative estimate of drug-likeness (QED) is 0.284. The van der Waals surface area contributed by atoms with Gasteiger partial charge in [0.2, 0.25) is 0 Å². The van der Waals surface area contributed by atoms with Crippen molar-refractivity contribution in [3.05, 3.63) is 0 Å². The smallest absolute Gasteiger partial charge is 0.139 e. The number of hydrogen-bond donors (Lipinski definition) is 1. The van der Waals surface area contributed by atoms with Crippen LogP contribution in [0.2, 0.25) is 0 Å². The molecule has 0 aliphatic carbocycles. The zero-order valence-corrected chi connectivity index (χ0v) is 8.80. The molecular weight excluding hydrogens is 168 g/mol. The van der Waals surface area contributed by atoms with E-state index in [4.69, 9.17) is 9.47 Å². The van der Waals surface area contributed by atoms with Crippen LogP contribution in [0.1, 0.15) is 27.2 Å². The van der Waals surface area contributed by atoms with Gasteiger partial charge in [0, 0.05) is 19.6 Å². The molecule has 0 heterocycles. The summed E-state index contributed by atoms with van der Waals surface area (Å²) >= 11 is 0. The van der Waals surface area contributed by atoms with Gasteiger partial charge in [-0.2, -0.15) is 0 Å². The van der Waals surface area contributed by atoms with Gasteiger partial charge in [0.05, 0.1) is 0 Å². The minimum Gasteiger partial charge on any atom is -0.362 e. The van der Waals surface area contributed by atoms with Crippen molar-refractivity contribution in [2.75, 3.05) is 26.7 Å². The summed E-state index contributed by atoms with van der Waals surface area (Å²) in [7, 11) is 0. The monoisotopic (exact) mass is 188 g/mol. The van der Waals surface area contributed by atoms with E-state index in [2.05, 4.69) is 10.3 Å². The van der Waals surface area contributed by atoms with Crippen LogP contribution in [0.25, 0.3) is 0 Å². The van der Waals surface area contributed by atoms with Gasteiger partial charge in [0.25, 0.3) is 0 Å². The first-order valence-corrected chi connectivity index (χ1v) is 4.77. The summed E-state index contributed by atoms with van der Waals surface area (Å²) < 4.78 is 10.2. The molecule has 0 fully saturated rings. The summed E-state index contributed by atoms with van der Waals surface area (Å²) in [6.45, 7) is 8.33. The molecule has 0 aromatic rings. The van der Waals surface area contributed by atoms with E-state index < -0.39 is 0 Å². The van der Waals surface area contributed by atoms with E-state index in [9.17, 15) is 0 Å². The molecule has 0 radical (unpaired) electrons. The lowest BCUT2D eigenvalue weighted by Crippen LogP contribution is -2.26. The largest absolute Gasteiger partial charge is 0.362 e. The van der Waals surface area contributed by atoms with Crippen LogP contribution >= 0.6 is 0 Å². The average Bonchev–Trinajstić information content (AvgIpc) is 2.16. The number of nitrogens with zero attached hydrogens (tertiary/aromatic N) is 1. The van der Waals surface area contributed by atoms with Crippen molar-refractivity contribution in [3.8, 4) is 0 Å². The fourth-order valence-electron chi connectivity index (χ4n) is 0.744. The Labute approximate surface area is 80.3 Å². The number of aliphatic imine (C=N–C) groups is 1. The topological polar surface area (TPSA) is 42.8 Å². The first-order valence-electron chi connectivity index (χ1n) is 4.77. The van der Waals surface area contributed by atoms with E-state index in [1.54, 1.807) is 0 Å². The summed E-state index contributed by atoms with van der Waals surface area (Å²) in [6, 6.07) is 0. The Bertz CT molecular complexity index is 138. The molecule has 0 aliphatic heterocycles. The van der Waals surface area contributed by atoms with E-state index in [0.29, 0.717) is 20.1 Å². The molecule has 0 unspecified atom stereocenters. The molecule has 0 bridgehead atoms. The second kappa shape index (κ2) is 9.48. The highest BCUT2D eigenvalue weighted by Crippen LogP contribution is 1.84. The predicted octanol–water partition coefficient (Wildman–Crippen LogP) is 1.37. The molecule has 0 saturated carbocycles. The van der Waals surface area contributed by atoms with Crippen molar-refractivity contribution in [1.82, 2.24) is 5.32 Å². The van der Waals surface area contributed by atoms with Crippen LogP contribution in [0.3, 0.4) is 0 Å². The number of amidine groups is 1. The van der Waals surface area contributed by atoms with Crippen LogP contribution in [0.4, 0.5) is 0 Å². The highest BCUT2D eigenvalue weighted by molar-refractivity contribution is 5.81. The third-order valence-electron chi connectivity index (χ3n) is 1.47. The second-order valence-corrected chi connectivity index (χ2v) is 2.39. The van der Waals surface area contributed by atoms with E-state index in [1.807, 2.05) is 20.8 Å². The first-order chi connectivity index (χ1) is 6.35. The molecule has 0 amide bonds. The SMILES string of the molecule is CCOCN=C(CC)NCOCC. The zero-order chi connectivity index (χ0) is 9.94. The maximum absolute atomic E-state index is 5.14. The summed E-state index contributed by atoms with van der Waals surface area (Å²) in [5.41, 5.74) is 0. The lowest BCUT2D eigenvalue weighted by molar-refractivity contribution is 0.139. The Morgan fingerprint density at radius 1 is 1.15 bits per heavy atom. The van der Waals surface area contributed by atoms with Gasteiger partial charge < -0.3 is 14.8 Å². The molecule has 4 heteroatoms. The summed E-state index contributed by atoms with van der Waals surface area (Å²) in [5.74, 6) is 0.932. The van der Waals surface area contributed by atoms with E-state index in [-0.39, 0.29) is 0 Å². The third kappa shape index (κ3) is 7.74. The fourth-order valence-corrected chi connectivity index (χ4v) is 0.744. The Balaban J connectivity index is 3.54. The Kier molecular flexibility index (Phi) is 9.03. The summed E-state index contributed by atoms with van der Waals surface area (Å²) in [6.07, 6.45) is 0.875. The molecule has 0 atom stereocenters. The molecule has 13 heavy (non-hydrogen) atoms. The summed E-state index contributed by atoms with van der Waals surface area (Å²) in [4.78, 5) is 4.21. The van der Waals surface area contributed by atoms with E-state index in [1.165, 1.54) is 0 Å². The Hall–Kier alpha value is -0.610. The second-order valence-electron chi connectivity index (χ2n) is 2.39. The molecule has 78 valence electrons. The van der Waals surface area contributed by atoms with Crippen LogP contribution in [0.15, 0.2) is 4.99 Å². The van der Waals surface area contributed by atoms with Crippen molar-refractivity contribution < 1.29 is 9.47 Å². The molecule has 0 rings (SSSR count). The van der Waals surface area contributed by atoms with Crippen molar-refractivity contribution in [1.29, 1.82) is 0 Å². The van der Waals surface area contributed by atoms with Gasteiger partial charge in [-0.05, 0) is 13.8 Å². The van der Waals surface area contributed by atoms with E-state index >= 15 is 0 Å². The Morgan fingerprint density at radius 2 is 1.85 bits per heavy atom. The Morgan fingerprint density at radius 3 is 2.38 bits per heavy atom. The van der Waals surface area contributed by atoms with Crippen LogP contribution < -0.4 is 5.32 Å². The zero-order valence-electron chi connectivity index (χ0n) is 8.80. The lowest BCUT2D eigenvalue weighted by Gasteiger charge is -2.07. The van der Waals surface area contributed by atoms with Crippen molar-refractivity contribution in [2.45, 2.75) is 27.2 Å². The molecule has 0 saturated heterocycles. The predicted molar refractivity (Wildman–Crippen MR) is 53.8 cm³/mol. The number of hydrogen-bond acceptors (Lipinski definition) is 3. The highest BCUT2D eigenvalue weighted by atomic mass is 16.5. The van der Waals surface area contributed by atoms with Gasteiger partial charge >= 0.3 is 0 Å². The molecule has 0 aromatic carbocycles. The normalized spacial score (nSPS) is 11.8. The molecule has 0 aliphatic rings. The highest BCUT2D eigenvalue weighted by Gasteiger charge is 1.92. The fraction of sp³-hybridized carbons (Fsp3) is 0.889. The number of rotatable bonds is 7. The minimum atomic E-state index is 0.429. The van der Waals surface area contributed by atoms with Crippen molar-refractivity contribution in [2.24, 2.45) is 4.99 Å². The van der Waals surface area contributed by atoms with E-state index in [0.717, 1.165) is 18.9 Å². The lowest BCUT2D eigenvalue weighted by atomic mass is 10.4. The number of ether oxygens (including phenoxy) is 2. The van der Waals surface area contributed by atoms with Crippen LogP contribution in [0, 0.1) is 0 Å². The van der Waals surface area contributed by atoms with Gasteiger partial charge in [-0.1, -0.05) is 6.92 Å². The van der Waals surface area contributed by atoms with Crippen molar-refractivity contribution in [3.63, 3.8) is 0 Å². The molecule has 0 aromatic heterocycles. The maximum Gasteiger partial charge on any atom is 0.139 e. The van der Waals surface area contributed by atoms with Gasteiger partial charge in [-0.25, -0.2) is 4.99 Å². The number of nitrogens with one attached hydrogen (secondary N) is 1. The molecule has 1 N–H and O–H groups in total. The van der Waals surface area contributed by atoms with Crippen molar-refractivity contribution >= 4 is 5.84 Å². The molecular formula is C9H20N2O2. The standard InChI is InChI=1S/C9H20N2O2/c1-4-9(10-7-12-5-2)11-8-13-6-3/h4-8H2,1-3H3,(H,10,11). The van der Waals surface area contributed by atoms with Gasteiger partial charge in [-0.15, -0.1) is 0 Å².